The zero-order chi connectivity index (χ0) is 15.4. The Bertz CT molecular complexity index is 736. The minimum Gasteiger partial charge on any atom is -0.481 e. The number of fused-ring (bicyclic) bond motifs is 1. The predicted molar refractivity (Wildman–Crippen MR) is 78.4 cm³/mol. The number of nitrogens with one attached hydrogen (secondary N) is 1. The SMILES string of the molecule is CCN(CCC(=O)O)C(=O)c1cc(=O)c2ccccc2[nH]1. The first-order chi connectivity index (χ1) is 10.0. The third kappa shape index (κ3) is 3.28. The number of carbonyl (C=O) groups excluding carboxylic acids is 1. The maximum atomic E-state index is 12.3. The number of benzene rings is 1. The minimum absolute atomic E-state index is 0.111. The first-order valence-corrected chi connectivity index (χ1v) is 6.66. The summed E-state index contributed by atoms with van der Waals surface area (Å²) >= 11 is 0. The third-order valence-corrected chi connectivity index (χ3v) is 3.23. The number of carboxylic acid groups (broad SMARTS) is 1. The Morgan fingerprint density at radius 1 is 1.29 bits per heavy atom. The number of H-pyrrole nitrogens is 1. The predicted octanol–water partition coefficient (Wildman–Crippen LogP) is 1.46. The van der Waals surface area contributed by atoms with Gasteiger partial charge < -0.3 is 15.0 Å². The second-order valence-corrected chi connectivity index (χ2v) is 4.62. The molecule has 2 rings (SSSR count). The summed E-state index contributed by atoms with van der Waals surface area (Å²) in [6, 6.07) is 8.19. The van der Waals surface area contributed by atoms with Crippen LogP contribution < -0.4 is 5.43 Å². The van der Waals surface area contributed by atoms with Gasteiger partial charge in [-0.1, -0.05) is 12.1 Å². The number of hydrogen-bond acceptors (Lipinski definition) is 3. The monoisotopic (exact) mass is 288 g/mol. The van der Waals surface area contributed by atoms with Crippen LogP contribution in [-0.2, 0) is 4.79 Å². The van der Waals surface area contributed by atoms with Gasteiger partial charge in [0.05, 0.1) is 6.42 Å². The number of para-hydroxylation sites is 1. The number of aromatic nitrogens is 1. The molecule has 0 saturated heterocycles. The number of pyridine rings is 1. The first-order valence-electron chi connectivity index (χ1n) is 6.66. The van der Waals surface area contributed by atoms with Gasteiger partial charge in [0.25, 0.3) is 5.91 Å². The van der Waals surface area contributed by atoms with E-state index >= 15 is 0 Å². The molecule has 6 heteroatoms. The third-order valence-electron chi connectivity index (χ3n) is 3.23. The molecular weight excluding hydrogens is 272 g/mol. The van der Waals surface area contributed by atoms with E-state index in [0.29, 0.717) is 17.4 Å². The number of hydrogen-bond donors (Lipinski definition) is 2. The fraction of sp³-hybridized carbons (Fsp3) is 0.267. The molecule has 1 amide bonds. The number of nitrogens with zero attached hydrogens (tertiary/aromatic N) is 1. The number of aromatic amines is 1. The van der Waals surface area contributed by atoms with Crippen molar-refractivity contribution in [3.63, 3.8) is 0 Å². The molecular formula is C15H16N2O4. The molecule has 0 bridgehead atoms. The molecule has 0 saturated carbocycles. The second-order valence-electron chi connectivity index (χ2n) is 4.62. The van der Waals surface area contributed by atoms with Gasteiger partial charge in [-0.05, 0) is 19.1 Å². The molecule has 0 radical (unpaired) electrons. The molecule has 1 heterocycles. The molecule has 2 N–H and O–H groups in total. The molecule has 21 heavy (non-hydrogen) atoms. The standard InChI is InChI=1S/C15H16N2O4/c1-2-17(8-7-14(19)20)15(21)12-9-13(18)10-5-3-4-6-11(10)16-12/h3-6,9H,2,7-8H2,1H3,(H,16,18)(H,19,20). The number of carbonyl (C=O) groups is 2. The lowest BCUT2D eigenvalue weighted by atomic mass is 10.2. The van der Waals surface area contributed by atoms with E-state index in [9.17, 15) is 14.4 Å². The molecule has 6 nitrogen and oxygen atoms in total. The highest BCUT2D eigenvalue weighted by atomic mass is 16.4. The lowest BCUT2D eigenvalue weighted by Crippen LogP contribution is -2.34. The molecule has 0 fully saturated rings. The summed E-state index contributed by atoms with van der Waals surface area (Å²) in [5.41, 5.74) is 0.524. The highest BCUT2D eigenvalue weighted by Crippen LogP contribution is 2.09. The van der Waals surface area contributed by atoms with Gasteiger partial charge in [0.1, 0.15) is 5.69 Å². The van der Waals surface area contributed by atoms with Crippen LogP contribution >= 0.6 is 0 Å². The van der Waals surface area contributed by atoms with E-state index in [4.69, 9.17) is 5.11 Å². The molecule has 0 aliphatic rings. The maximum Gasteiger partial charge on any atom is 0.305 e. The molecule has 1 aromatic carbocycles. The topological polar surface area (TPSA) is 90.5 Å². The Morgan fingerprint density at radius 2 is 2.00 bits per heavy atom. The van der Waals surface area contributed by atoms with E-state index in [-0.39, 0.29) is 30.0 Å². The normalized spacial score (nSPS) is 10.5. The van der Waals surface area contributed by atoms with Crippen molar-refractivity contribution in [2.75, 3.05) is 13.1 Å². The minimum atomic E-state index is -0.965. The summed E-state index contributed by atoms with van der Waals surface area (Å²) in [5, 5.41) is 9.22. The summed E-state index contributed by atoms with van der Waals surface area (Å²) in [4.78, 5) is 39.3. The Hall–Kier alpha value is -2.63. The zero-order valence-corrected chi connectivity index (χ0v) is 11.6. The maximum absolute atomic E-state index is 12.3. The zero-order valence-electron chi connectivity index (χ0n) is 11.6. The fourth-order valence-corrected chi connectivity index (χ4v) is 2.12. The van der Waals surface area contributed by atoms with E-state index in [1.54, 1.807) is 31.2 Å². The van der Waals surface area contributed by atoms with Crippen LogP contribution in [0.1, 0.15) is 23.8 Å². The molecule has 0 atom stereocenters. The number of rotatable bonds is 5. The van der Waals surface area contributed by atoms with Gasteiger partial charge in [0.15, 0.2) is 5.43 Å². The molecule has 110 valence electrons. The lowest BCUT2D eigenvalue weighted by molar-refractivity contribution is -0.137. The summed E-state index contributed by atoms with van der Waals surface area (Å²) in [7, 11) is 0. The van der Waals surface area contributed by atoms with Crippen molar-refractivity contribution < 1.29 is 14.7 Å². The largest absolute Gasteiger partial charge is 0.481 e. The quantitative estimate of drug-likeness (QED) is 0.871. The van der Waals surface area contributed by atoms with Crippen LogP contribution in [0.2, 0.25) is 0 Å². The fourth-order valence-electron chi connectivity index (χ4n) is 2.12. The van der Waals surface area contributed by atoms with Crippen molar-refractivity contribution in [2.24, 2.45) is 0 Å². The smallest absolute Gasteiger partial charge is 0.305 e. The first kappa shape index (κ1) is 14.8. The van der Waals surface area contributed by atoms with Gasteiger partial charge in [-0.3, -0.25) is 14.4 Å². The Kier molecular flexibility index (Phi) is 4.37. The van der Waals surface area contributed by atoms with Crippen LogP contribution in [0.4, 0.5) is 0 Å². The van der Waals surface area contributed by atoms with Crippen molar-refractivity contribution in [2.45, 2.75) is 13.3 Å². The van der Waals surface area contributed by atoms with E-state index in [0.717, 1.165) is 0 Å². The van der Waals surface area contributed by atoms with Gasteiger partial charge in [0, 0.05) is 30.1 Å². The summed E-state index contributed by atoms with van der Waals surface area (Å²) in [6.07, 6.45) is -0.128. The van der Waals surface area contributed by atoms with Crippen LogP contribution in [0.3, 0.4) is 0 Å². The van der Waals surface area contributed by atoms with E-state index in [1.165, 1.54) is 11.0 Å². The molecule has 0 spiro atoms. The second kappa shape index (κ2) is 6.21. The Morgan fingerprint density at radius 3 is 2.67 bits per heavy atom. The highest BCUT2D eigenvalue weighted by Gasteiger charge is 2.17. The lowest BCUT2D eigenvalue weighted by Gasteiger charge is -2.19. The van der Waals surface area contributed by atoms with Crippen LogP contribution in [0.25, 0.3) is 10.9 Å². The Balaban J connectivity index is 2.34. The molecule has 1 aromatic heterocycles. The van der Waals surface area contributed by atoms with Gasteiger partial charge in [0.2, 0.25) is 0 Å². The summed E-state index contributed by atoms with van der Waals surface area (Å²) in [5.74, 6) is -1.34. The molecule has 0 unspecified atom stereocenters. The number of aliphatic carboxylic acids is 1. The molecule has 0 aliphatic heterocycles. The average molecular weight is 288 g/mol. The van der Waals surface area contributed by atoms with Crippen LogP contribution in [-0.4, -0.2) is 40.0 Å². The van der Waals surface area contributed by atoms with Gasteiger partial charge in [-0.15, -0.1) is 0 Å². The van der Waals surface area contributed by atoms with Crippen LogP contribution in [0.5, 0.6) is 0 Å². The van der Waals surface area contributed by atoms with E-state index in [1.807, 2.05) is 0 Å². The Labute approximate surface area is 121 Å². The van der Waals surface area contributed by atoms with E-state index < -0.39 is 5.97 Å². The van der Waals surface area contributed by atoms with E-state index in [2.05, 4.69) is 4.98 Å². The molecule has 2 aromatic rings. The average Bonchev–Trinajstić information content (AvgIpc) is 2.47. The van der Waals surface area contributed by atoms with Crippen molar-refractivity contribution in [1.29, 1.82) is 0 Å². The van der Waals surface area contributed by atoms with Gasteiger partial charge in [-0.25, -0.2) is 0 Å². The molecule has 0 aliphatic carbocycles. The van der Waals surface area contributed by atoms with Crippen LogP contribution in [0.15, 0.2) is 35.1 Å². The van der Waals surface area contributed by atoms with Crippen LogP contribution in [0, 0.1) is 0 Å². The summed E-state index contributed by atoms with van der Waals surface area (Å²) in [6.45, 7) is 2.25. The van der Waals surface area contributed by atoms with Crippen molar-refractivity contribution in [1.82, 2.24) is 9.88 Å². The number of amides is 1. The summed E-state index contributed by atoms with van der Waals surface area (Å²) < 4.78 is 0. The van der Waals surface area contributed by atoms with Crippen molar-refractivity contribution in [3.8, 4) is 0 Å². The highest BCUT2D eigenvalue weighted by molar-refractivity contribution is 5.95. The van der Waals surface area contributed by atoms with Gasteiger partial charge in [-0.2, -0.15) is 0 Å². The number of carboxylic acids is 1. The van der Waals surface area contributed by atoms with Crippen molar-refractivity contribution in [3.05, 3.63) is 46.2 Å². The van der Waals surface area contributed by atoms with Crippen molar-refractivity contribution >= 4 is 22.8 Å². The van der Waals surface area contributed by atoms with Gasteiger partial charge >= 0.3 is 5.97 Å².